The van der Waals surface area contributed by atoms with E-state index in [0.29, 0.717) is 6.54 Å². The van der Waals surface area contributed by atoms with Crippen molar-refractivity contribution in [1.82, 2.24) is 10.3 Å². The zero-order valence-electron chi connectivity index (χ0n) is 12.3. The number of urea groups is 1. The van der Waals surface area contributed by atoms with Gasteiger partial charge >= 0.3 is 6.03 Å². The van der Waals surface area contributed by atoms with Crippen molar-refractivity contribution in [2.24, 2.45) is 0 Å². The van der Waals surface area contributed by atoms with Gasteiger partial charge in [-0.3, -0.25) is 4.98 Å². The number of carbonyl (C=O) groups is 1. The smallest absolute Gasteiger partial charge is 0.319 e. The topological polar surface area (TPSA) is 54.0 Å². The Morgan fingerprint density at radius 1 is 1.14 bits per heavy atom. The molecule has 110 valence electrons. The molecule has 2 amide bonds. The summed E-state index contributed by atoms with van der Waals surface area (Å²) in [4.78, 5) is 16.2. The SMILES string of the molecule is Cc1cccc(CNC(=O)Nc2cccc3cnccc23)c1. The van der Waals surface area contributed by atoms with Crippen LogP contribution in [-0.4, -0.2) is 11.0 Å². The maximum Gasteiger partial charge on any atom is 0.319 e. The Kier molecular flexibility index (Phi) is 4.01. The molecule has 0 unspecified atom stereocenters. The lowest BCUT2D eigenvalue weighted by atomic mass is 10.1. The molecule has 2 aromatic carbocycles. The largest absolute Gasteiger partial charge is 0.334 e. The zero-order chi connectivity index (χ0) is 15.4. The summed E-state index contributed by atoms with van der Waals surface area (Å²) >= 11 is 0. The molecule has 0 fully saturated rings. The van der Waals surface area contributed by atoms with E-state index in [2.05, 4.69) is 21.7 Å². The second kappa shape index (κ2) is 6.26. The molecule has 4 heteroatoms. The Balaban J connectivity index is 1.68. The van der Waals surface area contributed by atoms with Gasteiger partial charge < -0.3 is 10.6 Å². The Hall–Kier alpha value is -2.88. The number of fused-ring (bicyclic) bond motifs is 1. The number of hydrogen-bond donors (Lipinski definition) is 2. The highest BCUT2D eigenvalue weighted by Crippen LogP contribution is 2.21. The van der Waals surface area contributed by atoms with Gasteiger partial charge in [0, 0.05) is 29.7 Å². The van der Waals surface area contributed by atoms with Crippen molar-refractivity contribution in [3.8, 4) is 0 Å². The molecule has 3 aromatic rings. The van der Waals surface area contributed by atoms with E-state index in [1.807, 2.05) is 49.4 Å². The van der Waals surface area contributed by atoms with Crippen LogP contribution < -0.4 is 10.6 Å². The fourth-order valence-corrected chi connectivity index (χ4v) is 2.40. The summed E-state index contributed by atoms with van der Waals surface area (Å²) in [5, 5.41) is 7.74. The van der Waals surface area contributed by atoms with Crippen molar-refractivity contribution >= 4 is 22.5 Å². The number of nitrogens with one attached hydrogen (secondary N) is 2. The van der Waals surface area contributed by atoms with E-state index in [1.165, 1.54) is 5.56 Å². The van der Waals surface area contributed by atoms with Crippen LogP contribution in [0.3, 0.4) is 0 Å². The van der Waals surface area contributed by atoms with Crippen LogP contribution in [0.15, 0.2) is 60.9 Å². The summed E-state index contributed by atoms with van der Waals surface area (Å²) in [7, 11) is 0. The van der Waals surface area contributed by atoms with Gasteiger partial charge in [0.25, 0.3) is 0 Å². The Bertz CT molecular complexity index is 809. The van der Waals surface area contributed by atoms with Gasteiger partial charge in [0.1, 0.15) is 0 Å². The first-order valence-corrected chi connectivity index (χ1v) is 7.15. The second-order valence-corrected chi connectivity index (χ2v) is 5.20. The lowest BCUT2D eigenvalue weighted by molar-refractivity contribution is 0.252. The molecule has 1 aromatic heterocycles. The first-order chi connectivity index (χ1) is 10.7. The molecular formula is C18H17N3O. The summed E-state index contributed by atoms with van der Waals surface area (Å²) in [5.41, 5.74) is 3.04. The fraction of sp³-hybridized carbons (Fsp3) is 0.111. The first-order valence-electron chi connectivity index (χ1n) is 7.15. The third-order valence-electron chi connectivity index (χ3n) is 3.46. The highest BCUT2D eigenvalue weighted by Gasteiger charge is 2.05. The number of hydrogen-bond acceptors (Lipinski definition) is 2. The van der Waals surface area contributed by atoms with Crippen molar-refractivity contribution in [2.75, 3.05) is 5.32 Å². The van der Waals surface area contributed by atoms with Crippen molar-refractivity contribution in [3.63, 3.8) is 0 Å². The number of aryl methyl sites for hydroxylation is 1. The van der Waals surface area contributed by atoms with Gasteiger partial charge in [-0.05, 0) is 24.6 Å². The van der Waals surface area contributed by atoms with Gasteiger partial charge in [0.2, 0.25) is 0 Å². The normalized spacial score (nSPS) is 10.4. The van der Waals surface area contributed by atoms with Gasteiger partial charge in [0.15, 0.2) is 0 Å². The van der Waals surface area contributed by atoms with Crippen molar-refractivity contribution in [1.29, 1.82) is 0 Å². The summed E-state index contributed by atoms with van der Waals surface area (Å²) in [6.45, 7) is 2.54. The summed E-state index contributed by atoms with van der Waals surface area (Å²) in [6.07, 6.45) is 3.50. The Morgan fingerprint density at radius 2 is 2.00 bits per heavy atom. The molecule has 0 saturated heterocycles. The maximum absolute atomic E-state index is 12.1. The van der Waals surface area contributed by atoms with E-state index in [0.717, 1.165) is 22.0 Å². The van der Waals surface area contributed by atoms with E-state index >= 15 is 0 Å². The third kappa shape index (κ3) is 3.23. The molecule has 0 aliphatic rings. The number of aromatic nitrogens is 1. The van der Waals surface area contributed by atoms with Crippen LogP contribution in [-0.2, 0) is 6.54 Å². The van der Waals surface area contributed by atoms with Crippen molar-refractivity contribution in [3.05, 3.63) is 72.1 Å². The molecule has 0 bridgehead atoms. The molecule has 0 saturated carbocycles. The van der Waals surface area contributed by atoms with Crippen LogP contribution in [0.5, 0.6) is 0 Å². The molecule has 22 heavy (non-hydrogen) atoms. The second-order valence-electron chi connectivity index (χ2n) is 5.20. The number of pyridine rings is 1. The molecular weight excluding hydrogens is 274 g/mol. The van der Waals surface area contributed by atoms with Gasteiger partial charge in [-0.25, -0.2) is 4.79 Å². The summed E-state index contributed by atoms with van der Waals surface area (Å²) in [6, 6.07) is 15.5. The van der Waals surface area contributed by atoms with E-state index in [9.17, 15) is 4.79 Å². The van der Waals surface area contributed by atoms with Crippen LogP contribution in [0, 0.1) is 6.92 Å². The van der Waals surface area contributed by atoms with Crippen LogP contribution in [0.1, 0.15) is 11.1 Å². The van der Waals surface area contributed by atoms with Crippen LogP contribution >= 0.6 is 0 Å². The quantitative estimate of drug-likeness (QED) is 0.769. The van der Waals surface area contributed by atoms with Crippen LogP contribution in [0.25, 0.3) is 10.8 Å². The number of nitrogens with zero attached hydrogens (tertiary/aromatic N) is 1. The fourth-order valence-electron chi connectivity index (χ4n) is 2.40. The van der Waals surface area contributed by atoms with Gasteiger partial charge in [-0.15, -0.1) is 0 Å². The van der Waals surface area contributed by atoms with E-state index in [-0.39, 0.29) is 6.03 Å². The molecule has 0 aliphatic carbocycles. The third-order valence-corrected chi connectivity index (χ3v) is 3.46. The molecule has 0 radical (unpaired) electrons. The number of carbonyl (C=O) groups excluding carboxylic acids is 1. The Morgan fingerprint density at radius 3 is 2.86 bits per heavy atom. The molecule has 1 heterocycles. The van der Waals surface area contributed by atoms with E-state index < -0.39 is 0 Å². The highest BCUT2D eigenvalue weighted by atomic mass is 16.2. The van der Waals surface area contributed by atoms with Gasteiger partial charge in [-0.1, -0.05) is 42.0 Å². The predicted molar refractivity (Wildman–Crippen MR) is 88.8 cm³/mol. The van der Waals surface area contributed by atoms with Gasteiger partial charge in [0.05, 0.1) is 5.69 Å². The minimum absolute atomic E-state index is 0.217. The molecule has 2 N–H and O–H groups in total. The molecule has 3 rings (SSSR count). The standard InChI is InChI=1S/C18H17N3O/c1-13-4-2-5-14(10-13)11-20-18(22)21-17-7-3-6-15-12-19-9-8-16(15)17/h2-10,12H,11H2,1H3,(H2,20,21,22). The highest BCUT2D eigenvalue weighted by molar-refractivity contribution is 6.01. The maximum atomic E-state index is 12.1. The van der Waals surface area contributed by atoms with Crippen LogP contribution in [0.2, 0.25) is 0 Å². The van der Waals surface area contributed by atoms with Crippen molar-refractivity contribution in [2.45, 2.75) is 13.5 Å². The summed E-state index contributed by atoms with van der Waals surface area (Å²) < 4.78 is 0. The minimum atomic E-state index is -0.217. The Labute approximate surface area is 129 Å². The lowest BCUT2D eigenvalue weighted by Crippen LogP contribution is -2.28. The zero-order valence-corrected chi connectivity index (χ0v) is 12.3. The predicted octanol–water partition coefficient (Wildman–Crippen LogP) is 3.86. The lowest BCUT2D eigenvalue weighted by Gasteiger charge is -2.10. The number of benzene rings is 2. The average Bonchev–Trinajstić information content (AvgIpc) is 2.53. The number of rotatable bonds is 3. The summed E-state index contributed by atoms with van der Waals surface area (Å²) in [5.74, 6) is 0. The number of anilines is 1. The molecule has 0 aliphatic heterocycles. The number of amides is 2. The van der Waals surface area contributed by atoms with E-state index in [4.69, 9.17) is 0 Å². The average molecular weight is 291 g/mol. The molecule has 4 nitrogen and oxygen atoms in total. The molecule has 0 spiro atoms. The minimum Gasteiger partial charge on any atom is -0.334 e. The first kappa shape index (κ1) is 14.1. The monoisotopic (exact) mass is 291 g/mol. The van der Waals surface area contributed by atoms with Crippen molar-refractivity contribution < 1.29 is 4.79 Å². The van der Waals surface area contributed by atoms with Crippen LogP contribution in [0.4, 0.5) is 10.5 Å². The molecule has 0 atom stereocenters. The van der Waals surface area contributed by atoms with Gasteiger partial charge in [-0.2, -0.15) is 0 Å². The van der Waals surface area contributed by atoms with E-state index in [1.54, 1.807) is 12.4 Å².